The number of morpholine rings is 1. The zero-order chi connectivity index (χ0) is 15.0. The number of carbonyl (C=O) groups is 1. The molecule has 2 aliphatic rings. The summed E-state index contributed by atoms with van der Waals surface area (Å²) in [7, 11) is 1.51. The molecule has 21 heavy (non-hydrogen) atoms. The molecule has 3 rings (SSSR count). The second-order valence-electron chi connectivity index (χ2n) is 5.11. The Hall–Kier alpha value is -1.18. The summed E-state index contributed by atoms with van der Waals surface area (Å²) in [6.45, 7) is 1.50. The zero-order valence-corrected chi connectivity index (χ0v) is 13.2. The SMILES string of the molecule is COc1cc(Br)c(F)cc1N1C(=O)COC2CNCCC21. The molecule has 0 saturated carbocycles. The lowest BCUT2D eigenvalue weighted by atomic mass is 9.98. The summed E-state index contributed by atoms with van der Waals surface area (Å²) in [5.74, 6) is -0.121. The lowest BCUT2D eigenvalue weighted by Gasteiger charge is -2.43. The van der Waals surface area contributed by atoms with E-state index in [0.29, 0.717) is 22.5 Å². The van der Waals surface area contributed by atoms with E-state index < -0.39 is 5.82 Å². The molecule has 0 aliphatic carbocycles. The van der Waals surface area contributed by atoms with Gasteiger partial charge in [-0.3, -0.25) is 4.79 Å². The maximum atomic E-state index is 13.9. The number of methoxy groups -OCH3 is 1. The van der Waals surface area contributed by atoms with Crippen molar-refractivity contribution >= 4 is 27.5 Å². The number of fused-ring (bicyclic) bond motifs is 1. The molecule has 1 amide bonds. The Bertz CT molecular complexity index is 569. The van der Waals surface area contributed by atoms with Crippen LogP contribution in [-0.2, 0) is 9.53 Å². The van der Waals surface area contributed by atoms with E-state index in [2.05, 4.69) is 21.2 Å². The van der Waals surface area contributed by atoms with Crippen molar-refractivity contribution < 1.29 is 18.7 Å². The molecule has 0 spiro atoms. The maximum absolute atomic E-state index is 13.9. The van der Waals surface area contributed by atoms with E-state index in [1.165, 1.54) is 13.2 Å². The van der Waals surface area contributed by atoms with Crippen LogP contribution in [0.15, 0.2) is 16.6 Å². The van der Waals surface area contributed by atoms with Gasteiger partial charge < -0.3 is 19.7 Å². The van der Waals surface area contributed by atoms with Crippen molar-refractivity contribution in [2.24, 2.45) is 0 Å². The van der Waals surface area contributed by atoms with E-state index in [4.69, 9.17) is 9.47 Å². The van der Waals surface area contributed by atoms with Gasteiger partial charge in [-0.2, -0.15) is 0 Å². The number of hydrogen-bond acceptors (Lipinski definition) is 4. The Balaban J connectivity index is 2.03. The Labute approximate surface area is 130 Å². The summed E-state index contributed by atoms with van der Waals surface area (Å²) in [5, 5.41) is 3.24. The minimum atomic E-state index is -0.421. The normalized spacial score (nSPS) is 25.7. The molecule has 2 aliphatic heterocycles. The number of amides is 1. The van der Waals surface area contributed by atoms with Gasteiger partial charge >= 0.3 is 0 Å². The summed E-state index contributed by atoms with van der Waals surface area (Å²) >= 11 is 3.14. The predicted molar refractivity (Wildman–Crippen MR) is 79.2 cm³/mol. The highest BCUT2D eigenvalue weighted by Gasteiger charge is 2.40. The van der Waals surface area contributed by atoms with Crippen molar-refractivity contribution in [3.8, 4) is 5.75 Å². The van der Waals surface area contributed by atoms with Crippen LogP contribution >= 0.6 is 15.9 Å². The Morgan fingerprint density at radius 1 is 1.52 bits per heavy atom. The van der Waals surface area contributed by atoms with E-state index >= 15 is 0 Å². The maximum Gasteiger partial charge on any atom is 0.253 e. The molecule has 5 nitrogen and oxygen atoms in total. The molecule has 0 aromatic heterocycles. The highest BCUT2D eigenvalue weighted by molar-refractivity contribution is 9.10. The van der Waals surface area contributed by atoms with Crippen molar-refractivity contribution in [1.82, 2.24) is 5.32 Å². The lowest BCUT2D eigenvalue weighted by Crippen LogP contribution is -2.61. The first kappa shape index (κ1) is 14.7. The molecule has 2 fully saturated rings. The number of rotatable bonds is 2. The van der Waals surface area contributed by atoms with Crippen molar-refractivity contribution in [1.29, 1.82) is 0 Å². The molecule has 1 N–H and O–H groups in total. The third kappa shape index (κ3) is 2.65. The van der Waals surface area contributed by atoms with Crippen LogP contribution in [-0.4, -0.2) is 44.9 Å². The molecule has 7 heteroatoms. The van der Waals surface area contributed by atoms with E-state index in [0.717, 1.165) is 13.0 Å². The smallest absolute Gasteiger partial charge is 0.253 e. The fraction of sp³-hybridized carbons (Fsp3) is 0.500. The first-order valence-electron chi connectivity index (χ1n) is 6.79. The number of nitrogens with zero attached hydrogens (tertiary/aromatic N) is 1. The van der Waals surface area contributed by atoms with E-state index in [9.17, 15) is 9.18 Å². The molecule has 2 saturated heterocycles. The fourth-order valence-electron chi connectivity index (χ4n) is 2.90. The molecule has 1 aromatic rings. The van der Waals surface area contributed by atoms with Crippen LogP contribution in [0.2, 0.25) is 0 Å². The van der Waals surface area contributed by atoms with Gasteiger partial charge in [-0.25, -0.2) is 4.39 Å². The van der Waals surface area contributed by atoms with Gasteiger partial charge in [0.15, 0.2) is 0 Å². The highest BCUT2D eigenvalue weighted by atomic mass is 79.9. The Morgan fingerprint density at radius 2 is 2.33 bits per heavy atom. The summed E-state index contributed by atoms with van der Waals surface area (Å²) in [4.78, 5) is 13.9. The molecule has 1 aromatic carbocycles. The van der Waals surface area contributed by atoms with E-state index in [1.54, 1.807) is 11.0 Å². The molecule has 2 heterocycles. The molecular formula is C14H16BrFN2O3. The molecule has 0 bridgehead atoms. The highest BCUT2D eigenvalue weighted by Crippen LogP contribution is 2.37. The topological polar surface area (TPSA) is 50.8 Å². The Kier molecular flexibility index (Phi) is 4.14. The number of anilines is 1. The molecule has 2 atom stereocenters. The average molecular weight is 359 g/mol. The second-order valence-corrected chi connectivity index (χ2v) is 5.97. The first-order chi connectivity index (χ1) is 10.1. The lowest BCUT2D eigenvalue weighted by molar-refractivity contribution is -0.133. The second kappa shape index (κ2) is 5.90. The van der Waals surface area contributed by atoms with Crippen LogP contribution in [0.25, 0.3) is 0 Å². The quantitative estimate of drug-likeness (QED) is 0.873. The third-order valence-corrected chi connectivity index (χ3v) is 4.50. The van der Waals surface area contributed by atoms with Crippen LogP contribution < -0.4 is 15.0 Å². The number of piperidine rings is 1. The van der Waals surface area contributed by atoms with Gasteiger partial charge in [0, 0.05) is 12.6 Å². The molecule has 2 unspecified atom stereocenters. The number of nitrogens with one attached hydrogen (secondary N) is 1. The summed E-state index contributed by atoms with van der Waals surface area (Å²) in [6.07, 6.45) is 0.685. The minimum Gasteiger partial charge on any atom is -0.495 e. The Morgan fingerprint density at radius 3 is 3.10 bits per heavy atom. The number of halogens is 2. The number of ether oxygens (including phenoxy) is 2. The molecule has 114 valence electrons. The van der Waals surface area contributed by atoms with Gasteiger partial charge in [-0.05, 0) is 35.0 Å². The van der Waals surface area contributed by atoms with Crippen LogP contribution in [0.5, 0.6) is 5.75 Å². The van der Waals surface area contributed by atoms with Crippen LogP contribution in [0, 0.1) is 5.82 Å². The predicted octanol–water partition coefficient (Wildman–Crippen LogP) is 1.69. The van der Waals surface area contributed by atoms with Crippen LogP contribution in [0.3, 0.4) is 0 Å². The van der Waals surface area contributed by atoms with Crippen molar-refractivity contribution in [2.75, 3.05) is 31.7 Å². The number of benzene rings is 1. The molecule has 0 radical (unpaired) electrons. The average Bonchev–Trinajstić information content (AvgIpc) is 2.50. The fourth-order valence-corrected chi connectivity index (χ4v) is 3.22. The zero-order valence-electron chi connectivity index (χ0n) is 11.6. The van der Waals surface area contributed by atoms with Crippen LogP contribution in [0.1, 0.15) is 6.42 Å². The van der Waals surface area contributed by atoms with Crippen molar-refractivity contribution in [3.63, 3.8) is 0 Å². The summed E-state index contributed by atoms with van der Waals surface area (Å²) < 4.78 is 25.1. The largest absolute Gasteiger partial charge is 0.495 e. The third-order valence-electron chi connectivity index (χ3n) is 3.89. The number of hydrogen-bond donors (Lipinski definition) is 1. The van der Waals surface area contributed by atoms with Gasteiger partial charge in [-0.15, -0.1) is 0 Å². The van der Waals surface area contributed by atoms with Gasteiger partial charge in [0.25, 0.3) is 5.91 Å². The first-order valence-corrected chi connectivity index (χ1v) is 7.58. The number of carbonyl (C=O) groups excluding carboxylic acids is 1. The van der Waals surface area contributed by atoms with E-state index in [1.807, 2.05) is 0 Å². The van der Waals surface area contributed by atoms with Gasteiger partial charge in [0.1, 0.15) is 18.2 Å². The molecular weight excluding hydrogens is 343 g/mol. The minimum absolute atomic E-state index is 0.00365. The standard InChI is InChI=1S/C14H16BrFN2O3/c1-20-12-4-8(15)9(16)5-11(12)18-10-2-3-17-6-13(10)21-7-14(18)19/h4-5,10,13,17H,2-3,6-7H2,1H3. The summed E-state index contributed by atoms with van der Waals surface area (Å²) in [5.41, 5.74) is 0.461. The van der Waals surface area contributed by atoms with Crippen molar-refractivity contribution in [3.05, 3.63) is 22.4 Å². The van der Waals surface area contributed by atoms with Gasteiger partial charge in [-0.1, -0.05) is 0 Å². The van der Waals surface area contributed by atoms with Crippen LogP contribution in [0.4, 0.5) is 10.1 Å². The monoisotopic (exact) mass is 358 g/mol. The van der Waals surface area contributed by atoms with E-state index in [-0.39, 0.29) is 24.7 Å². The van der Waals surface area contributed by atoms with Gasteiger partial charge in [0.2, 0.25) is 0 Å². The summed E-state index contributed by atoms with van der Waals surface area (Å²) in [6, 6.07) is 2.79. The van der Waals surface area contributed by atoms with Gasteiger partial charge in [0.05, 0.1) is 29.4 Å². The van der Waals surface area contributed by atoms with Crippen molar-refractivity contribution in [2.45, 2.75) is 18.6 Å².